The molecule has 0 aliphatic carbocycles. The van der Waals surface area contributed by atoms with Crippen molar-refractivity contribution in [1.82, 2.24) is 15.4 Å². The lowest BCUT2D eigenvalue weighted by atomic mass is 9.93. The molecule has 2 aromatic rings. The lowest BCUT2D eigenvalue weighted by molar-refractivity contribution is -0.179. The average molecular weight is 352 g/mol. The maximum Gasteiger partial charge on any atom is 0.258 e. The average Bonchev–Trinajstić information content (AvgIpc) is 3.14. The quantitative estimate of drug-likeness (QED) is 0.766. The highest BCUT2D eigenvalue weighted by molar-refractivity contribution is 6.07. The molecule has 2 aliphatic heterocycles. The van der Waals surface area contributed by atoms with Crippen molar-refractivity contribution in [2.24, 2.45) is 11.7 Å². The summed E-state index contributed by atoms with van der Waals surface area (Å²) in [5.74, 6) is -1.95. The van der Waals surface area contributed by atoms with Crippen LogP contribution in [0.4, 0.5) is 0 Å². The molecule has 2 aliphatic rings. The standard InChI is InChI=1S/C18H16N4O4/c19-16(23)11-6-4-10(5-7-11)9-22-14(12-3-1-2-8-20-12)13-15(26-22)18(25)21-17(13)24/h1-8,13-15H,9H2,(H2,19,23)(H,21,24,25). The molecule has 8 nitrogen and oxygen atoms in total. The van der Waals surface area contributed by atoms with Gasteiger partial charge in [-0.05, 0) is 29.8 Å². The summed E-state index contributed by atoms with van der Waals surface area (Å²) in [5, 5.41) is 3.92. The lowest BCUT2D eigenvalue weighted by Gasteiger charge is -2.24. The van der Waals surface area contributed by atoms with Crippen LogP contribution in [0.3, 0.4) is 0 Å². The minimum Gasteiger partial charge on any atom is -0.366 e. The second kappa shape index (κ2) is 6.32. The molecule has 26 heavy (non-hydrogen) atoms. The number of fused-ring (bicyclic) bond motifs is 1. The number of hydrogen-bond acceptors (Lipinski definition) is 6. The molecule has 3 heterocycles. The van der Waals surface area contributed by atoms with E-state index in [1.807, 2.05) is 6.07 Å². The van der Waals surface area contributed by atoms with E-state index in [1.165, 1.54) is 0 Å². The SMILES string of the molecule is NC(=O)c1ccc(CN2OC3C(=O)NC(=O)C3C2c2ccccn2)cc1. The van der Waals surface area contributed by atoms with Gasteiger partial charge in [-0.15, -0.1) is 0 Å². The Morgan fingerprint density at radius 1 is 1.15 bits per heavy atom. The van der Waals surface area contributed by atoms with E-state index in [0.717, 1.165) is 5.56 Å². The monoisotopic (exact) mass is 352 g/mol. The molecule has 1 aromatic carbocycles. The van der Waals surface area contributed by atoms with Gasteiger partial charge < -0.3 is 5.73 Å². The van der Waals surface area contributed by atoms with Crippen molar-refractivity contribution < 1.29 is 19.2 Å². The fourth-order valence-corrected chi connectivity index (χ4v) is 3.36. The highest BCUT2D eigenvalue weighted by atomic mass is 16.7. The maximum atomic E-state index is 12.2. The first-order valence-corrected chi connectivity index (χ1v) is 8.12. The van der Waals surface area contributed by atoms with Crippen LogP contribution >= 0.6 is 0 Å². The molecule has 0 spiro atoms. The van der Waals surface area contributed by atoms with Gasteiger partial charge in [-0.1, -0.05) is 18.2 Å². The summed E-state index contributed by atoms with van der Waals surface area (Å²) in [6.07, 6.45) is 0.774. The molecule has 8 heteroatoms. The van der Waals surface area contributed by atoms with Crippen molar-refractivity contribution in [3.8, 4) is 0 Å². The van der Waals surface area contributed by atoms with Crippen LogP contribution in [0, 0.1) is 5.92 Å². The van der Waals surface area contributed by atoms with Crippen LogP contribution in [-0.4, -0.2) is 33.9 Å². The number of nitrogens with one attached hydrogen (secondary N) is 1. The van der Waals surface area contributed by atoms with E-state index in [4.69, 9.17) is 10.6 Å². The Balaban J connectivity index is 1.64. The zero-order valence-electron chi connectivity index (χ0n) is 13.7. The molecular formula is C18H16N4O4. The normalized spacial score (nSPS) is 25.2. The Bertz CT molecular complexity index is 869. The van der Waals surface area contributed by atoms with Crippen LogP contribution in [0.25, 0.3) is 0 Å². The molecule has 0 bridgehead atoms. The molecule has 3 atom stereocenters. The van der Waals surface area contributed by atoms with Gasteiger partial charge in [0.25, 0.3) is 5.91 Å². The van der Waals surface area contributed by atoms with Crippen LogP contribution in [0.5, 0.6) is 0 Å². The van der Waals surface area contributed by atoms with Gasteiger partial charge in [0.2, 0.25) is 11.8 Å². The van der Waals surface area contributed by atoms with Gasteiger partial charge in [-0.2, -0.15) is 5.06 Å². The minimum absolute atomic E-state index is 0.327. The number of benzene rings is 1. The number of hydrogen-bond donors (Lipinski definition) is 2. The fraction of sp³-hybridized carbons (Fsp3) is 0.222. The predicted octanol–water partition coefficient (Wildman–Crippen LogP) is 0.310. The smallest absolute Gasteiger partial charge is 0.258 e. The van der Waals surface area contributed by atoms with Crippen LogP contribution in [-0.2, 0) is 21.0 Å². The second-order valence-electron chi connectivity index (χ2n) is 6.24. The highest BCUT2D eigenvalue weighted by Crippen LogP contribution is 2.42. The Kier molecular flexibility index (Phi) is 3.98. The largest absolute Gasteiger partial charge is 0.366 e. The third-order valence-corrected chi connectivity index (χ3v) is 4.60. The summed E-state index contributed by atoms with van der Waals surface area (Å²) in [4.78, 5) is 45.6. The second-order valence-corrected chi connectivity index (χ2v) is 6.24. The van der Waals surface area contributed by atoms with Crippen molar-refractivity contribution in [2.45, 2.75) is 18.7 Å². The number of nitrogens with two attached hydrogens (primary N) is 1. The molecule has 4 rings (SSSR count). The first-order valence-electron chi connectivity index (χ1n) is 8.12. The van der Waals surface area contributed by atoms with E-state index in [-0.39, 0.29) is 5.91 Å². The molecule has 132 valence electrons. The Labute approximate surface area is 148 Å². The number of carbonyl (C=O) groups excluding carboxylic acids is 3. The van der Waals surface area contributed by atoms with Crippen LogP contribution in [0.2, 0.25) is 0 Å². The Hall–Kier alpha value is -3.10. The van der Waals surface area contributed by atoms with Crippen LogP contribution in [0.1, 0.15) is 27.7 Å². The number of carbonyl (C=O) groups is 3. The number of pyridine rings is 1. The van der Waals surface area contributed by atoms with Crippen molar-refractivity contribution in [3.63, 3.8) is 0 Å². The molecule has 1 aromatic heterocycles. The Morgan fingerprint density at radius 3 is 2.58 bits per heavy atom. The number of rotatable bonds is 4. The number of nitrogens with zero attached hydrogens (tertiary/aromatic N) is 2. The summed E-state index contributed by atoms with van der Waals surface area (Å²) in [7, 11) is 0. The molecule has 3 N–H and O–H groups in total. The van der Waals surface area contributed by atoms with E-state index in [9.17, 15) is 14.4 Å². The molecular weight excluding hydrogens is 336 g/mol. The number of primary amides is 1. The third kappa shape index (κ3) is 2.75. The van der Waals surface area contributed by atoms with Crippen molar-refractivity contribution in [2.75, 3.05) is 0 Å². The van der Waals surface area contributed by atoms with Crippen LogP contribution in [0.15, 0.2) is 48.7 Å². The van der Waals surface area contributed by atoms with E-state index in [2.05, 4.69) is 10.3 Å². The molecule has 0 radical (unpaired) electrons. The van der Waals surface area contributed by atoms with Gasteiger partial charge in [0.15, 0.2) is 6.10 Å². The summed E-state index contributed by atoms with van der Waals surface area (Å²) < 4.78 is 0. The van der Waals surface area contributed by atoms with Gasteiger partial charge in [0, 0.05) is 18.3 Å². The van der Waals surface area contributed by atoms with E-state index in [0.29, 0.717) is 17.8 Å². The number of hydroxylamine groups is 2. The molecule has 0 saturated carbocycles. The first kappa shape index (κ1) is 16.4. The number of amides is 3. The van der Waals surface area contributed by atoms with Gasteiger partial charge in [0.05, 0.1) is 17.7 Å². The summed E-state index contributed by atoms with van der Waals surface area (Å²) in [5.41, 5.74) is 7.16. The summed E-state index contributed by atoms with van der Waals surface area (Å²) >= 11 is 0. The summed E-state index contributed by atoms with van der Waals surface area (Å²) in [6.45, 7) is 0.327. The zero-order valence-corrected chi connectivity index (χ0v) is 13.7. The van der Waals surface area contributed by atoms with Gasteiger partial charge in [-0.3, -0.25) is 29.5 Å². The fourth-order valence-electron chi connectivity index (χ4n) is 3.36. The molecule has 3 unspecified atom stereocenters. The topological polar surface area (TPSA) is 115 Å². The molecule has 2 fully saturated rings. The van der Waals surface area contributed by atoms with Crippen molar-refractivity contribution >= 4 is 17.7 Å². The third-order valence-electron chi connectivity index (χ3n) is 4.60. The lowest BCUT2D eigenvalue weighted by Crippen LogP contribution is -2.33. The minimum atomic E-state index is -0.862. The van der Waals surface area contributed by atoms with Gasteiger partial charge in [0.1, 0.15) is 0 Å². The zero-order chi connectivity index (χ0) is 18.3. The summed E-state index contributed by atoms with van der Waals surface area (Å²) in [6, 6.07) is 11.7. The Morgan fingerprint density at radius 2 is 1.92 bits per heavy atom. The highest BCUT2D eigenvalue weighted by Gasteiger charge is 2.56. The van der Waals surface area contributed by atoms with Crippen molar-refractivity contribution in [3.05, 3.63) is 65.5 Å². The molecule has 2 saturated heterocycles. The molecule has 3 amide bonds. The van der Waals surface area contributed by atoms with Gasteiger partial charge in [-0.25, -0.2) is 0 Å². The van der Waals surface area contributed by atoms with E-state index in [1.54, 1.807) is 47.7 Å². The van der Waals surface area contributed by atoms with E-state index >= 15 is 0 Å². The maximum absolute atomic E-state index is 12.2. The van der Waals surface area contributed by atoms with Gasteiger partial charge >= 0.3 is 0 Å². The van der Waals surface area contributed by atoms with E-state index < -0.39 is 29.9 Å². The first-order chi connectivity index (χ1) is 12.5. The van der Waals surface area contributed by atoms with Crippen LogP contribution < -0.4 is 11.1 Å². The van der Waals surface area contributed by atoms with Crippen molar-refractivity contribution in [1.29, 1.82) is 0 Å². The predicted molar refractivity (Wildman–Crippen MR) is 89.0 cm³/mol. The number of imide groups is 1. The number of aromatic nitrogens is 1.